The van der Waals surface area contributed by atoms with Crippen LogP contribution in [0.4, 0.5) is 13.2 Å². The van der Waals surface area contributed by atoms with Crippen LogP contribution in [0.1, 0.15) is 55.6 Å². The Labute approximate surface area is 441 Å². The van der Waals surface area contributed by atoms with E-state index in [1.165, 1.54) is 45.5 Å². The van der Waals surface area contributed by atoms with Crippen LogP contribution in [0.15, 0.2) is 182 Å². The topological polar surface area (TPSA) is 33.6 Å². The highest BCUT2D eigenvalue weighted by Crippen LogP contribution is 2.46. The normalized spacial score (nSPS) is 11.9. The first kappa shape index (κ1) is 48.0. The fourth-order valence-electron chi connectivity index (χ4n) is 12.0. The number of hydrogen-bond acceptors (Lipinski definition) is 1. The van der Waals surface area contributed by atoms with Gasteiger partial charge >= 0.3 is 6.18 Å². The van der Waals surface area contributed by atoms with Gasteiger partial charge in [0.1, 0.15) is 0 Å². The van der Waals surface area contributed by atoms with E-state index in [0.717, 1.165) is 105 Å². The maximum absolute atomic E-state index is 15.2. The van der Waals surface area contributed by atoms with Crippen molar-refractivity contribution < 1.29 is 13.2 Å². The average Bonchev–Trinajstić information content (AvgIpc) is 3.90. The summed E-state index contributed by atoms with van der Waals surface area (Å²) in [5.41, 5.74) is 22.4. The number of aryl methyl sites for hydroxylation is 8. The number of nitriles is 1. The Balaban J connectivity index is 1.22. The maximum Gasteiger partial charge on any atom is 0.417 e. The van der Waals surface area contributed by atoms with Crippen LogP contribution in [0.5, 0.6) is 0 Å². The van der Waals surface area contributed by atoms with Gasteiger partial charge in [-0.1, -0.05) is 138 Å². The van der Waals surface area contributed by atoms with Crippen molar-refractivity contribution in [2.45, 2.75) is 61.6 Å². The van der Waals surface area contributed by atoms with Crippen molar-refractivity contribution in [2.24, 2.45) is 0 Å². The van der Waals surface area contributed by atoms with Crippen molar-refractivity contribution in [3.8, 4) is 73.1 Å². The summed E-state index contributed by atoms with van der Waals surface area (Å²) >= 11 is 0. The summed E-state index contributed by atoms with van der Waals surface area (Å²) in [4.78, 5) is 0. The predicted octanol–water partition coefficient (Wildman–Crippen LogP) is 19.6. The molecule has 0 spiro atoms. The Hall–Kier alpha value is -8.92. The van der Waals surface area contributed by atoms with Crippen LogP contribution in [0.3, 0.4) is 0 Å². The van der Waals surface area contributed by atoms with E-state index < -0.39 is 11.7 Å². The van der Waals surface area contributed by atoms with Crippen LogP contribution in [0.25, 0.3) is 111 Å². The predicted molar refractivity (Wildman–Crippen MR) is 310 cm³/mol. The third-order valence-corrected chi connectivity index (χ3v) is 15.5. The Kier molecular flexibility index (Phi) is 11.5. The molecular weight excluding hydrogens is 940 g/mol. The van der Waals surface area contributed by atoms with Crippen molar-refractivity contribution in [3.63, 3.8) is 0 Å². The lowest BCUT2D eigenvalue weighted by Gasteiger charge is -2.21. The van der Waals surface area contributed by atoms with E-state index >= 15 is 13.2 Å². The summed E-state index contributed by atoms with van der Waals surface area (Å²) in [5.74, 6) is 0. The average molecular weight is 994 g/mol. The van der Waals surface area contributed by atoms with Gasteiger partial charge in [-0.15, -0.1) is 0 Å². The van der Waals surface area contributed by atoms with Crippen LogP contribution in [-0.2, 0) is 6.18 Å². The molecule has 0 radical (unpaired) electrons. The second-order valence-corrected chi connectivity index (χ2v) is 20.9. The summed E-state index contributed by atoms with van der Waals surface area (Å²) in [7, 11) is 0. The number of aromatic nitrogens is 2. The summed E-state index contributed by atoms with van der Waals surface area (Å²) < 4.78 is 49.9. The van der Waals surface area contributed by atoms with E-state index in [4.69, 9.17) is 0 Å². The summed E-state index contributed by atoms with van der Waals surface area (Å²) in [6, 6.07) is 63.9. The van der Waals surface area contributed by atoms with Gasteiger partial charge in [0.15, 0.2) is 0 Å². The number of fused-ring (bicyclic) bond motifs is 6. The zero-order valence-electron chi connectivity index (χ0n) is 43.8. The zero-order valence-corrected chi connectivity index (χ0v) is 43.8. The second kappa shape index (κ2) is 18.2. The van der Waals surface area contributed by atoms with Crippen LogP contribution in [0.2, 0.25) is 0 Å². The lowest BCUT2D eigenvalue weighted by molar-refractivity contribution is -0.137. The van der Waals surface area contributed by atoms with E-state index in [9.17, 15) is 5.26 Å². The molecule has 76 heavy (non-hydrogen) atoms. The largest absolute Gasteiger partial charge is 0.417 e. The van der Waals surface area contributed by atoms with Crippen LogP contribution in [-0.4, -0.2) is 9.13 Å². The molecule has 10 aromatic carbocycles. The molecule has 0 N–H and O–H groups in total. The molecule has 12 aromatic rings. The lowest BCUT2D eigenvalue weighted by atomic mass is 9.94. The van der Waals surface area contributed by atoms with Gasteiger partial charge in [-0.2, -0.15) is 18.4 Å². The van der Waals surface area contributed by atoms with Crippen molar-refractivity contribution in [1.82, 2.24) is 9.13 Å². The monoisotopic (exact) mass is 993 g/mol. The maximum atomic E-state index is 15.2. The Morgan fingerprint density at radius 1 is 0.342 bits per heavy atom. The highest BCUT2D eigenvalue weighted by molar-refractivity contribution is 6.14. The molecular formula is C70H54F3N3. The minimum Gasteiger partial charge on any atom is -0.307 e. The van der Waals surface area contributed by atoms with E-state index in [-0.39, 0.29) is 16.7 Å². The molecule has 12 rings (SSSR count). The third kappa shape index (κ3) is 8.06. The fraction of sp³-hybridized carbons (Fsp3) is 0.129. The molecule has 0 aliphatic rings. The van der Waals surface area contributed by atoms with E-state index in [0.29, 0.717) is 11.4 Å². The highest BCUT2D eigenvalue weighted by atomic mass is 19.4. The van der Waals surface area contributed by atoms with Gasteiger partial charge in [-0.05, 0) is 194 Å². The van der Waals surface area contributed by atoms with Gasteiger partial charge in [0, 0.05) is 27.1 Å². The zero-order chi connectivity index (χ0) is 52.9. The molecule has 0 fully saturated rings. The number of rotatable bonds is 7. The van der Waals surface area contributed by atoms with Gasteiger partial charge < -0.3 is 9.13 Å². The standard InChI is InChI=1S/C70H54F3N3/c1-40-13-21-53(44(5)29-40)48-17-25-64-59(33-48)60-34-49(54-22-14-41(2)30-45(54)6)18-26-65(60)75(64)68-37-52(39-74)58(57-11-9-10-12-63(57)70(71,72)73)38-69(68)76-66-27-19-50(55-23-15-42(3)31-46(55)7)35-61(66)62-36-51(20-28-67(62)76)56-24-16-43(4)32-47(56)8/h9-38H,1-8H3. The Morgan fingerprint density at radius 3 is 0.987 bits per heavy atom. The fourth-order valence-corrected chi connectivity index (χ4v) is 12.0. The van der Waals surface area contributed by atoms with Crippen LogP contribution >= 0.6 is 0 Å². The summed E-state index contributed by atoms with van der Waals surface area (Å²) in [5, 5.41) is 15.2. The molecule has 0 unspecified atom stereocenters. The first-order valence-electron chi connectivity index (χ1n) is 25.8. The quantitative estimate of drug-likeness (QED) is 0.157. The van der Waals surface area contributed by atoms with Crippen molar-refractivity contribution >= 4 is 43.6 Å². The molecule has 2 heterocycles. The number of hydrogen-bond donors (Lipinski definition) is 0. The molecule has 3 nitrogen and oxygen atoms in total. The van der Waals surface area contributed by atoms with Gasteiger partial charge in [-0.25, -0.2) is 0 Å². The van der Waals surface area contributed by atoms with Crippen molar-refractivity contribution in [3.05, 3.63) is 238 Å². The number of nitrogens with zero attached hydrogens (tertiary/aromatic N) is 3. The molecule has 2 aromatic heterocycles. The summed E-state index contributed by atoms with van der Waals surface area (Å²) in [6.45, 7) is 17.0. The minimum atomic E-state index is -4.68. The molecule has 0 saturated heterocycles. The van der Waals surface area contributed by atoms with Crippen molar-refractivity contribution in [2.75, 3.05) is 0 Å². The molecule has 370 valence electrons. The minimum absolute atomic E-state index is 0.0622. The highest BCUT2D eigenvalue weighted by Gasteiger charge is 2.35. The SMILES string of the molecule is Cc1ccc(-c2ccc3c(c2)c2cc(-c4ccc(C)cc4C)ccc2n3-c2cc(C#N)c(-c3ccccc3C(F)(F)F)cc2-n2c3ccc(-c4ccc(C)cc4C)cc3c3cc(-c4ccc(C)cc4C)ccc32)c(C)c1. The lowest BCUT2D eigenvalue weighted by Crippen LogP contribution is -2.09. The number of halogens is 3. The van der Waals surface area contributed by atoms with Crippen LogP contribution in [0, 0.1) is 66.7 Å². The Morgan fingerprint density at radius 2 is 0.671 bits per heavy atom. The Bertz CT molecular complexity index is 4220. The molecule has 0 atom stereocenters. The molecule has 0 aliphatic heterocycles. The van der Waals surface area contributed by atoms with E-state index in [1.54, 1.807) is 12.1 Å². The first-order chi connectivity index (χ1) is 36.5. The molecule has 0 saturated carbocycles. The first-order valence-corrected chi connectivity index (χ1v) is 25.8. The second-order valence-electron chi connectivity index (χ2n) is 20.9. The van der Waals surface area contributed by atoms with E-state index in [1.807, 2.05) is 6.07 Å². The summed E-state index contributed by atoms with van der Waals surface area (Å²) in [6.07, 6.45) is -4.68. The third-order valence-electron chi connectivity index (χ3n) is 15.5. The molecule has 6 heteroatoms. The molecule has 0 amide bonds. The molecule has 0 bridgehead atoms. The van der Waals surface area contributed by atoms with Crippen LogP contribution < -0.4 is 0 Å². The van der Waals surface area contributed by atoms with Gasteiger partial charge in [0.2, 0.25) is 0 Å². The van der Waals surface area contributed by atoms with Gasteiger partial charge in [0.05, 0.1) is 50.6 Å². The van der Waals surface area contributed by atoms with Gasteiger partial charge in [-0.3, -0.25) is 0 Å². The smallest absolute Gasteiger partial charge is 0.307 e. The number of benzene rings is 10. The van der Waals surface area contributed by atoms with Crippen molar-refractivity contribution in [1.29, 1.82) is 5.26 Å². The molecule has 0 aliphatic carbocycles. The van der Waals surface area contributed by atoms with Gasteiger partial charge in [0.25, 0.3) is 0 Å². The van der Waals surface area contributed by atoms with E-state index in [2.05, 4.69) is 216 Å². The number of alkyl halides is 3.